The van der Waals surface area contributed by atoms with Crippen molar-refractivity contribution in [2.75, 3.05) is 4.72 Å². The van der Waals surface area contributed by atoms with E-state index in [2.05, 4.69) is 20.7 Å². The predicted octanol–water partition coefficient (Wildman–Crippen LogP) is 5.27. The Bertz CT molecular complexity index is 711. The first-order chi connectivity index (χ1) is 8.81. The maximum atomic E-state index is 12.1. The molecule has 0 amide bonds. The van der Waals surface area contributed by atoms with Crippen LogP contribution in [0.5, 0.6) is 0 Å². The van der Waals surface area contributed by atoms with Crippen molar-refractivity contribution < 1.29 is 8.42 Å². The van der Waals surface area contributed by atoms with Crippen molar-refractivity contribution in [3.05, 3.63) is 43.1 Å². The zero-order chi connectivity index (χ0) is 14.2. The summed E-state index contributed by atoms with van der Waals surface area (Å²) >= 11 is 21.8. The van der Waals surface area contributed by atoms with Crippen LogP contribution < -0.4 is 4.72 Å². The Labute approximate surface area is 137 Å². The van der Waals surface area contributed by atoms with Crippen molar-refractivity contribution in [2.45, 2.75) is 4.21 Å². The van der Waals surface area contributed by atoms with Crippen LogP contribution in [0.2, 0.25) is 15.1 Å². The molecule has 0 bridgehead atoms. The molecular weight excluding hydrogens is 417 g/mol. The molecule has 0 aliphatic heterocycles. The van der Waals surface area contributed by atoms with Gasteiger partial charge in [-0.05, 0) is 34.1 Å². The molecule has 0 fully saturated rings. The van der Waals surface area contributed by atoms with Crippen LogP contribution in [0, 0.1) is 0 Å². The molecule has 0 saturated carbocycles. The second kappa shape index (κ2) is 5.79. The molecule has 19 heavy (non-hydrogen) atoms. The molecule has 0 aliphatic carbocycles. The van der Waals surface area contributed by atoms with E-state index in [0.717, 1.165) is 11.3 Å². The Kier molecular flexibility index (Phi) is 4.70. The summed E-state index contributed by atoms with van der Waals surface area (Å²) in [7, 11) is -3.74. The first kappa shape index (κ1) is 15.4. The maximum Gasteiger partial charge on any atom is 0.271 e. The molecule has 3 nitrogen and oxygen atoms in total. The number of sulfonamides is 1. The fourth-order valence-corrected chi connectivity index (χ4v) is 5.11. The molecule has 1 aromatic heterocycles. The Morgan fingerprint density at radius 1 is 1.16 bits per heavy atom. The number of nitrogens with one attached hydrogen (secondary N) is 1. The highest BCUT2D eigenvalue weighted by Crippen LogP contribution is 2.36. The summed E-state index contributed by atoms with van der Waals surface area (Å²) in [5.41, 5.74) is 0.217. The molecule has 1 heterocycles. The van der Waals surface area contributed by atoms with Crippen LogP contribution in [-0.4, -0.2) is 8.42 Å². The van der Waals surface area contributed by atoms with Gasteiger partial charge in [0.2, 0.25) is 0 Å². The molecule has 0 saturated heterocycles. The Morgan fingerprint density at radius 3 is 2.42 bits per heavy atom. The lowest BCUT2D eigenvalue weighted by Gasteiger charge is -2.08. The monoisotopic (exact) mass is 419 g/mol. The third-order valence-corrected chi connectivity index (χ3v) is 7.22. The van der Waals surface area contributed by atoms with Crippen LogP contribution in [0.25, 0.3) is 0 Å². The average molecular weight is 422 g/mol. The third-order valence-electron chi connectivity index (χ3n) is 2.08. The van der Waals surface area contributed by atoms with Crippen molar-refractivity contribution in [1.29, 1.82) is 0 Å². The lowest BCUT2D eigenvalue weighted by molar-refractivity contribution is 0.603. The minimum atomic E-state index is -3.74. The van der Waals surface area contributed by atoms with Gasteiger partial charge in [0.1, 0.15) is 4.21 Å². The number of thiophene rings is 1. The molecule has 0 atom stereocenters. The highest BCUT2D eigenvalue weighted by molar-refractivity contribution is 9.11. The van der Waals surface area contributed by atoms with Gasteiger partial charge >= 0.3 is 0 Å². The van der Waals surface area contributed by atoms with E-state index in [4.69, 9.17) is 34.8 Å². The van der Waals surface area contributed by atoms with Crippen molar-refractivity contribution in [3.8, 4) is 0 Å². The van der Waals surface area contributed by atoms with Gasteiger partial charge in [0.25, 0.3) is 10.0 Å². The second-order valence-corrected chi connectivity index (χ2v) is 8.87. The molecule has 0 unspecified atom stereocenters. The normalized spacial score (nSPS) is 11.6. The SMILES string of the molecule is O=S(=O)(Nc1cccc(Cl)c1Cl)c1cc(Cl)c(Br)s1. The molecule has 2 aromatic rings. The molecule has 0 aliphatic rings. The summed E-state index contributed by atoms with van der Waals surface area (Å²) in [5.74, 6) is 0. The van der Waals surface area contributed by atoms with Crippen LogP contribution in [0.15, 0.2) is 32.3 Å². The summed E-state index contributed by atoms with van der Waals surface area (Å²) in [6.07, 6.45) is 0. The summed E-state index contributed by atoms with van der Waals surface area (Å²) < 4.78 is 27.3. The van der Waals surface area contributed by atoms with Gasteiger partial charge in [0.05, 0.1) is 24.5 Å². The molecule has 2 rings (SSSR count). The van der Waals surface area contributed by atoms with Crippen molar-refractivity contribution >= 4 is 77.8 Å². The van der Waals surface area contributed by atoms with E-state index in [-0.39, 0.29) is 19.9 Å². The molecule has 102 valence electrons. The zero-order valence-corrected chi connectivity index (χ0v) is 14.4. The summed E-state index contributed by atoms with van der Waals surface area (Å²) in [5, 5.41) is 0.754. The number of hydrogen-bond donors (Lipinski definition) is 1. The standard InChI is InChI=1S/C10H5BrCl3NO2S2/c11-10-6(13)4-8(18-10)19(16,17)15-7-3-1-2-5(12)9(7)14/h1-4,15H. The minimum absolute atomic E-state index is 0.0837. The van der Waals surface area contributed by atoms with Crippen LogP contribution in [0.1, 0.15) is 0 Å². The molecule has 1 N–H and O–H groups in total. The van der Waals surface area contributed by atoms with E-state index >= 15 is 0 Å². The van der Waals surface area contributed by atoms with Gasteiger partial charge in [0, 0.05) is 0 Å². The number of anilines is 1. The minimum Gasteiger partial charge on any atom is -0.277 e. The van der Waals surface area contributed by atoms with Crippen molar-refractivity contribution in [2.24, 2.45) is 0 Å². The quantitative estimate of drug-likeness (QED) is 0.734. The van der Waals surface area contributed by atoms with E-state index < -0.39 is 10.0 Å². The first-order valence-corrected chi connectivity index (χ1v) is 8.95. The summed E-state index contributed by atoms with van der Waals surface area (Å²) in [6.45, 7) is 0. The topological polar surface area (TPSA) is 46.2 Å². The Hall–Kier alpha value is 0.0200. The lowest BCUT2D eigenvalue weighted by atomic mass is 10.3. The van der Waals surface area contributed by atoms with E-state index in [0.29, 0.717) is 8.81 Å². The van der Waals surface area contributed by atoms with Gasteiger partial charge in [-0.2, -0.15) is 0 Å². The van der Waals surface area contributed by atoms with Crippen LogP contribution in [-0.2, 0) is 10.0 Å². The van der Waals surface area contributed by atoms with E-state index in [1.54, 1.807) is 12.1 Å². The second-order valence-electron chi connectivity index (χ2n) is 3.39. The average Bonchev–Trinajstić information content (AvgIpc) is 2.66. The maximum absolute atomic E-state index is 12.1. The highest BCUT2D eigenvalue weighted by Gasteiger charge is 2.20. The fourth-order valence-electron chi connectivity index (χ4n) is 1.24. The number of benzene rings is 1. The van der Waals surface area contributed by atoms with Crippen LogP contribution in [0.3, 0.4) is 0 Å². The third kappa shape index (κ3) is 3.37. The number of rotatable bonds is 3. The van der Waals surface area contributed by atoms with Gasteiger partial charge in [0.15, 0.2) is 0 Å². The Morgan fingerprint density at radius 2 is 1.84 bits per heavy atom. The first-order valence-electron chi connectivity index (χ1n) is 4.73. The van der Waals surface area contributed by atoms with E-state index in [1.807, 2.05) is 0 Å². The van der Waals surface area contributed by atoms with Crippen LogP contribution >= 0.6 is 62.1 Å². The van der Waals surface area contributed by atoms with Crippen molar-refractivity contribution in [3.63, 3.8) is 0 Å². The zero-order valence-electron chi connectivity index (χ0n) is 8.95. The van der Waals surface area contributed by atoms with Gasteiger partial charge in [-0.3, -0.25) is 4.72 Å². The molecule has 9 heteroatoms. The number of hydrogen-bond acceptors (Lipinski definition) is 3. The number of halogens is 4. The summed E-state index contributed by atoms with van der Waals surface area (Å²) in [6, 6.07) is 6.05. The lowest BCUT2D eigenvalue weighted by Crippen LogP contribution is -2.11. The van der Waals surface area contributed by atoms with Gasteiger partial charge in [-0.15, -0.1) is 11.3 Å². The molecular formula is C10H5BrCl3NO2S2. The smallest absolute Gasteiger partial charge is 0.271 e. The van der Waals surface area contributed by atoms with Gasteiger partial charge < -0.3 is 0 Å². The Balaban J connectivity index is 2.39. The highest BCUT2D eigenvalue weighted by atomic mass is 79.9. The van der Waals surface area contributed by atoms with Crippen LogP contribution in [0.4, 0.5) is 5.69 Å². The van der Waals surface area contributed by atoms with E-state index in [1.165, 1.54) is 12.1 Å². The van der Waals surface area contributed by atoms with Gasteiger partial charge in [-0.1, -0.05) is 40.9 Å². The molecule has 0 radical (unpaired) electrons. The largest absolute Gasteiger partial charge is 0.277 e. The predicted molar refractivity (Wildman–Crippen MR) is 84.3 cm³/mol. The van der Waals surface area contributed by atoms with E-state index in [9.17, 15) is 8.42 Å². The fraction of sp³-hybridized carbons (Fsp3) is 0. The van der Waals surface area contributed by atoms with Crippen molar-refractivity contribution in [1.82, 2.24) is 0 Å². The molecule has 1 aromatic carbocycles. The van der Waals surface area contributed by atoms with Gasteiger partial charge in [-0.25, -0.2) is 8.42 Å². The summed E-state index contributed by atoms with van der Waals surface area (Å²) in [4.78, 5) is 0. The molecule has 0 spiro atoms.